The molecule has 1 aromatic carbocycles. The highest BCUT2D eigenvalue weighted by atomic mass is 35.5. The molecular weight excluding hydrogens is 516 g/mol. The molecule has 4 rings (SSSR count). The van der Waals surface area contributed by atoms with Crippen LogP contribution < -0.4 is 21.3 Å². The van der Waals surface area contributed by atoms with Gasteiger partial charge >= 0.3 is 6.03 Å². The predicted molar refractivity (Wildman–Crippen MR) is 134 cm³/mol. The van der Waals surface area contributed by atoms with Gasteiger partial charge in [0.2, 0.25) is 5.88 Å². The lowest BCUT2D eigenvalue weighted by atomic mass is 10.1. The number of thiophene rings is 1. The molecule has 0 atom stereocenters. The van der Waals surface area contributed by atoms with Gasteiger partial charge in [-0.05, 0) is 41.8 Å². The molecule has 0 unspecified atom stereocenters. The van der Waals surface area contributed by atoms with Crippen LogP contribution in [-0.2, 0) is 10.0 Å². The normalized spacial score (nSPS) is 12.0. The zero-order chi connectivity index (χ0) is 25.3. The Balaban J connectivity index is 1.57. The summed E-state index contributed by atoms with van der Waals surface area (Å²) in [5, 5.41) is 13.9. The van der Waals surface area contributed by atoms with Gasteiger partial charge in [0, 0.05) is 24.1 Å². The van der Waals surface area contributed by atoms with Crippen molar-refractivity contribution in [2.45, 2.75) is 4.21 Å². The van der Waals surface area contributed by atoms with Crippen molar-refractivity contribution in [1.29, 1.82) is 0 Å². The molecule has 3 heterocycles. The van der Waals surface area contributed by atoms with E-state index in [4.69, 9.17) is 17.3 Å². The fourth-order valence-electron chi connectivity index (χ4n) is 3.18. The largest absolute Gasteiger partial charge is 0.494 e. The van der Waals surface area contributed by atoms with Gasteiger partial charge in [-0.3, -0.25) is 9.79 Å². The maximum atomic E-state index is 12.7. The number of fused-ring (bicyclic) bond motifs is 1. The summed E-state index contributed by atoms with van der Waals surface area (Å²) in [7, 11) is -2.55. The van der Waals surface area contributed by atoms with Crippen molar-refractivity contribution in [2.75, 3.05) is 12.4 Å². The highest BCUT2D eigenvalue weighted by molar-refractivity contribution is 7.92. The van der Waals surface area contributed by atoms with Crippen molar-refractivity contribution in [3.63, 3.8) is 0 Å². The van der Waals surface area contributed by atoms with Gasteiger partial charge in [0.05, 0.1) is 16.2 Å². The van der Waals surface area contributed by atoms with Crippen LogP contribution in [0.25, 0.3) is 16.6 Å². The molecule has 0 aliphatic carbocycles. The maximum absolute atomic E-state index is 12.7. The van der Waals surface area contributed by atoms with E-state index in [9.17, 15) is 23.1 Å². The quantitative estimate of drug-likeness (QED) is 0.226. The van der Waals surface area contributed by atoms with Crippen LogP contribution in [0.2, 0.25) is 4.34 Å². The molecule has 0 saturated heterocycles. The van der Waals surface area contributed by atoms with E-state index < -0.39 is 21.6 Å². The summed E-state index contributed by atoms with van der Waals surface area (Å²) < 4.78 is 27.5. The molecule has 5 N–H and O–H groups in total. The Morgan fingerprint density at radius 2 is 1.97 bits per heavy atom. The number of rotatable bonds is 5. The van der Waals surface area contributed by atoms with Crippen molar-refractivity contribution >= 4 is 61.3 Å². The van der Waals surface area contributed by atoms with Crippen molar-refractivity contribution in [1.82, 2.24) is 14.3 Å². The molecular formula is C21H17ClN6O5S2. The van der Waals surface area contributed by atoms with Gasteiger partial charge < -0.3 is 16.2 Å². The van der Waals surface area contributed by atoms with E-state index in [1.165, 1.54) is 36.5 Å². The van der Waals surface area contributed by atoms with Crippen LogP contribution in [-0.4, -0.2) is 42.0 Å². The highest BCUT2D eigenvalue weighted by Gasteiger charge is 2.20. The first-order valence-corrected chi connectivity index (χ1v) is 12.4. The number of urea groups is 1. The minimum Gasteiger partial charge on any atom is -0.494 e. The average molecular weight is 533 g/mol. The van der Waals surface area contributed by atoms with Crippen molar-refractivity contribution in [3.8, 4) is 11.7 Å². The topological polar surface area (TPSA) is 169 Å². The number of carbonyl (C=O) groups is 1. The van der Waals surface area contributed by atoms with E-state index >= 15 is 0 Å². The Morgan fingerprint density at radius 3 is 2.60 bits per heavy atom. The number of nitrogens with zero attached hydrogens (tertiary/aromatic N) is 3. The summed E-state index contributed by atoms with van der Waals surface area (Å²) in [6.07, 6.45) is 1.21. The van der Waals surface area contributed by atoms with E-state index in [-0.39, 0.29) is 31.8 Å². The second kappa shape index (κ2) is 9.37. The molecule has 3 aromatic heterocycles. The number of amides is 2. The Labute approximate surface area is 207 Å². The summed E-state index contributed by atoms with van der Waals surface area (Å²) >= 11 is 6.55. The SMILES string of the molecule is CN=C(N)c1ccc2c(O)n(-c3ccc(NC(=O)NS(=O)(=O)c4ccc(Cl)s4)cn3)c(=O)cc2c1. The van der Waals surface area contributed by atoms with Gasteiger partial charge in [0.1, 0.15) is 15.9 Å². The number of carbonyl (C=O) groups excluding carboxylic acids is 1. The molecule has 0 aliphatic rings. The summed E-state index contributed by atoms with van der Waals surface area (Å²) in [5.41, 5.74) is 6.02. The van der Waals surface area contributed by atoms with E-state index in [1.54, 1.807) is 25.2 Å². The zero-order valence-corrected chi connectivity index (χ0v) is 20.3. The summed E-state index contributed by atoms with van der Waals surface area (Å²) in [4.78, 5) is 32.9. The number of hydrogen-bond acceptors (Lipinski definition) is 8. The third-order valence-electron chi connectivity index (χ3n) is 4.82. The number of pyridine rings is 2. The zero-order valence-electron chi connectivity index (χ0n) is 17.9. The molecule has 0 radical (unpaired) electrons. The lowest BCUT2D eigenvalue weighted by Gasteiger charge is -2.12. The fraction of sp³-hybridized carbons (Fsp3) is 0.0476. The molecule has 0 aliphatic heterocycles. The number of sulfonamides is 1. The number of hydrogen-bond donors (Lipinski definition) is 4. The number of aliphatic imine (C=N–C) groups is 1. The lowest BCUT2D eigenvalue weighted by Crippen LogP contribution is -2.34. The molecule has 180 valence electrons. The van der Waals surface area contributed by atoms with Crippen LogP contribution in [0.4, 0.5) is 10.5 Å². The van der Waals surface area contributed by atoms with Crippen LogP contribution in [0.5, 0.6) is 5.88 Å². The highest BCUT2D eigenvalue weighted by Crippen LogP contribution is 2.27. The summed E-state index contributed by atoms with van der Waals surface area (Å²) in [6.45, 7) is 0. The van der Waals surface area contributed by atoms with Crippen molar-refractivity contribution < 1.29 is 18.3 Å². The predicted octanol–water partition coefficient (Wildman–Crippen LogP) is 2.65. The van der Waals surface area contributed by atoms with Gasteiger partial charge in [0.25, 0.3) is 15.6 Å². The minimum atomic E-state index is -4.09. The molecule has 2 amide bonds. The first-order valence-electron chi connectivity index (χ1n) is 9.76. The third-order valence-corrected chi connectivity index (χ3v) is 7.87. The molecule has 0 fully saturated rings. The molecule has 11 nitrogen and oxygen atoms in total. The number of benzene rings is 1. The summed E-state index contributed by atoms with van der Waals surface area (Å²) in [6, 6.07) is 10.7. The second-order valence-corrected chi connectivity index (χ2v) is 10.7. The first-order chi connectivity index (χ1) is 16.6. The number of anilines is 1. The van der Waals surface area contributed by atoms with Crippen LogP contribution >= 0.6 is 22.9 Å². The van der Waals surface area contributed by atoms with E-state index in [0.29, 0.717) is 16.3 Å². The number of amidine groups is 1. The molecule has 14 heteroatoms. The van der Waals surface area contributed by atoms with Gasteiger partial charge in [0.15, 0.2) is 0 Å². The van der Waals surface area contributed by atoms with E-state index in [2.05, 4.69) is 15.3 Å². The first kappa shape index (κ1) is 24.2. The standard InChI is InChI=1S/C21H17ClN6O5S2/c1-24-19(23)11-2-4-14-12(8-11)9-17(29)28(20(14)30)16-6-3-13(10-25-16)26-21(31)27-35(32,33)18-7-5-15(22)34-18/h2-10,30H,1H3,(H2,23,24)(H2,26,27,31). The number of halogens is 1. The van der Waals surface area contributed by atoms with E-state index in [0.717, 1.165) is 15.9 Å². The van der Waals surface area contributed by atoms with Gasteiger partial charge in [-0.25, -0.2) is 27.5 Å². The average Bonchev–Trinajstić information content (AvgIpc) is 3.26. The Morgan fingerprint density at radius 1 is 1.20 bits per heavy atom. The van der Waals surface area contributed by atoms with Crippen LogP contribution in [0, 0.1) is 0 Å². The third kappa shape index (κ3) is 4.96. The summed E-state index contributed by atoms with van der Waals surface area (Å²) in [5.74, 6) is 0.0361. The smallest absolute Gasteiger partial charge is 0.333 e. The van der Waals surface area contributed by atoms with Gasteiger partial charge in [-0.2, -0.15) is 0 Å². The Hall–Kier alpha value is -3.94. The van der Waals surface area contributed by atoms with Crippen molar-refractivity contribution in [3.05, 3.63) is 75.0 Å². The fourth-order valence-corrected chi connectivity index (χ4v) is 5.57. The van der Waals surface area contributed by atoms with Gasteiger partial charge in [-0.15, -0.1) is 11.3 Å². The van der Waals surface area contributed by atoms with E-state index in [1.807, 2.05) is 4.72 Å². The molecule has 0 saturated carbocycles. The molecule has 0 spiro atoms. The van der Waals surface area contributed by atoms with Crippen LogP contribution in [0.15, 0.2) is 68.7 Å². The van der Waals surface area contributed by atoms with Crippen LogP contribution in [0.3, 0.4) is 0 Å². The Bertz CT molecular complexity index is 1650. The molecule has 4 aromatic rings. The number of aromatic nitrogens is 2. The number of nitrogens with two attached hydrogens (primary N) is 1. The maximum Gasteiger partial charge on any atom is 0.333 e. The Kier molecular flexibility index (Phi) is 6.47. The second-order valence-electron chi connectivity index (χ2n) is 7.08. The van der Waals surface area contributed by atoms with Gasteiger partial charge in [-0.1, -0.05) is 17.7 Å². The number of aromatic hydroxyl groups is 1. The molecule has 0 bridgehead atoms. The number of nitrogens with one attached hydrogen (secondary N) is 2. The minimum absolute atomic E-state index is 0.0833. The molecule has 35 heavy (non-hydrogen) atoms. The lowest BCUT2D eigenvalue weighted by molar-refractivity contribution is 0.256. The van der Waals surface area contributed by atoms with Crippen molar-refractivity contribution in [2.24, 2.45) is 10.7 Å². The van der Waals surface area contributed by atoms with Crippen LogP contribution in [0.1, 0.15) is 5.56 Å². The monoisotopic (exact) mass is 532 g/mol.